The van der Waals surface area contributed by atoms with Crippen LogP contribution in [-0.2, 0) is 6.54 Å². The first-order valence-electron chi connectivity index (χ1n) is 6.67. The van der Waals surface area contributed by atoms with Gasteiger partial charge < -0.3 is 10.2 Å². The van der Waals surface area contributed by atoms with Gasteiger partial charge >= 0.3 is 6.03 Å². The quantitative estimate of drug-likeness (QED) is 0.884. The number of rotatable bonds is 2. The third-order valence-corrected chi connectivity index (χ3v) is 3.42. The van der Waals surface area contributed by atoms with Crippen molar-refractivity contribution in [2.45, 2.75) is 26.3 Å². The number of amides is 2. The zero-order chi connectivity index (χ0) is 13.7. The lowest BCUT2D eigenvalue weighted by molar-refractivity contribution is 0.176. The molecule has 1 heterocycles. The highest BCUT2D eigenvalue weighted by Crippen LogP contribution is 2.15. The number of hydrogen-bond acceptors (Lipinski definition) is 2. The van der Waals surface area contributed by atoms with Gasteiger partial charge in [-0.05, 0) is 25.3 Å². The number of benzene rings is 1. The van der Waals surface area contributed by atoms with Crippen LogP contribution in [0.3, 0.4) is 0 Å². The Morgan fingerprint density at radius 3 is 3.16 bits per heavy atom. The molecule has 0 spiro atoms. The summed E-state index contributed by atoms with van der Waals surface area (Å²) in [6.45, 7) is 3.87. The van der Waals surface area contributed by atoms with Crippen molar-refractivity contribution in [2.24, 2.45) is 5.92 Å². The van der Waals surface area contributed by atoms with Gasteiger partial charge in [0.15, 0.2) is 0 Å². The zero-order valence-electron chi connectivity index (χ0n) is 11.2. The molecule has 1 N–H and O–H groups in total. The number of aryl methyl sites for hydroxylation is 1. The van der Waals surface area contributed by atoms with Crippen molar-refractivity contribution in [1.82, 2.24) is 10.2 Å². The van der Waals surface area contributed by atoms with Gasteiger partial charge in [0.25, 0.3) is 0 Å². The molecule has 1 aromatic rings. The van der Waals surface area contributed by atoms with Gasteiger partial charge in [-0.1, -0.05) is 29.8 Å². The third-order valence-electron chi connectivity index (χ3n) is 3.42. The summed E-state index contributed by atoms with van der Waals surface area (Å²) in [5.74, 6) is -0.0153. The lowest BCUT2D eigenvalue weighted by Crippen LogP contribution is -2.45. The number of hydrogen-bond donors (Lipinski definition) is 1. The smallest absolute Gasteiger partial charge is 0.317 e. The second-order valence-corrected chi connectivity index (χ2v) is 5.06. The minimum Gasteiger partial charge on any atom is -0.334 e. The van der Waals surface area contributed by atoms with Gasteiger partial charge in [0, 0.05) is 19.6 Å². The summed E-state index contributed by atoms with van der Waals surface area (Å²) in [5, 5.41) is 11.8. The Morgan fingerprint density at radius 2 is 2.42 bits per heavy atom. The summed E-state index contributed by atoms with van der Waals surface area (Å²) >= 11 is 0. The van der Waals surface area contributed by atoms with Gasteiger partial charge in [-0.2, -0.15) is 5.26 Å². The minimum atomic E-state index is -0.0681. The van der Waals surface area contributed by atoms with E-state index in [4.69, 9.17) is 5.26 Å². The molecule has 100 valence electrons. The van der Waals surface area contributed by atoms with Crippen LogP contribution in [0.15, 0.2) is 24.3 Å². The molecule has 0 bridgehead atoms. The molecule has 1 aliphatic rings. The summed E-state index contributed by atoms with van der Waals surface area (Å²) in [6.07, 6.45) is 1.81. The molecule has 1 saturated heterocycles. The highest BCUT2D eigenvalue weighted by atomic mass is 16.2. The Kier molecular flexibility index (Phi) is 4.40. The Balaban J connectivity index is 1.86. The standard InChI is InChI=1S/C15H19N3O/c1-12-4-2-5-13(8-12)10-17-15(19)18-7-3-6-14(9-16)11-18/h2,4-5,8,14H,3,6-7,10-11H2,1H3,(H,17,19). The van der Waals surface area contributed by atoms with Crippen molar-refractivity contribution in [3.05, 3.63) is 35.4 Å². The Labute approximate surface area is 114 Å². The first-order valence-corrected chi connectivity index (χ1v) is 6.67. The number of carbonyl (C=O) groups excluding carboxylic acids is 1. The summed E-state index contributed by atoms with van der Waals surface area (Å²) < 4.78 is 0. The first-order chi connectivity index (χ1) is 9.19. The number of nitrogens with one attached hydrogen (secondary N) is 1. The average Bonchev–Trinajstić information content (AvgIpc) is 2.45. The highest BCUT2D eigenvalue weighted by molar-refractivity contribution is 5.74. The maximum absolute atomic E-state index is 12.0. The molecular weight excluding hydrogens is 238 g/mol. The number of piperidine rings is 1. The molecule has 1 aromatic carbocycles. The molecule has 1 aliphatic heterocycles. The Hall–Kier alpha value is -2.02. The van der Waals surface area contributed by atoms with Gasteiger partial charge in [-0.15, -0.1) is 0 Å². The molecule has 1 unspecified atom stereocenters. The fourth-order valence-electron chi connectivity index (χ4n) is 2.38. The maximum Gasteiger partial charge on any atom is 0.317 e. The summed E-state index contributed by atoms with van der Waals surface area (Å²) in [4.78, 5) is 13.8. The number of carbonyl (C=O) groups is 1. The molecule has 0 radical (unpaired) electrons. The number of nitrogens with zero attached hydrogens (tertiary/aromatic N) is 2. The van der Waals surface area contributed by atoms with Crippen molar-refractivity contribution >= 4 is 6.03 Å². The van der Waals surface area contributed by atoms with Crippen LogP contribution in [0.5, 0.6) is 0 Å². The van der Waals surface area contributed by atoms with Gasteiger partial charge in [0.2, 0.25) is 0 Å². The van der Waals surface area contributed by atoms with E-state index in [2.05, 4.69) is 17.5 Å². The second kappa shape index (κ2) is 6.24. The van der Waals surface area contributed by atoms with E-state index >= 15 is 0 Å². The van der Waals surface area contributed by atoms with Gasteiger partial charge in [-0.3, -0.25) is 0 Å². The van der Waals surface area contributed by atoms with E-state index in [1.54, 1.807) is 4.90 Å². The van der Waals surface area contributed by atoms with Crippen LogP contribution in [0, 0.1) is 24.2 Å². The van der Waals surface area contributed by atoms with Gasteiger partial charge in [0.1, 0.15) is 0 Å². The highest BCUT2D eigenvalue weighted by Gasteiger charge is 2.22. The molecular formula is C15H19N3O. The zero-order valence-corrected chi connectivity index (χ0v) is 11.2. The topological polar surface area (TPSA) is 56.1 Å². The van der Waals surface area contributed by atoms with Crippen LogP contribution in [0.2, 0.25) is 0 Å². The number of urea groups is 1. The van der Waals surface area contributed by atoms with Crippen molar-refractivity contribution < 1.29 is 4.79 Å². The van der Waals surface area contributed by atoms with E-state index in [1.807, 2.05) is 25.1 Å². The monoisotopic (exact) mass is 257 g/mol. The molecule has 19 heavy (non-hydrogen) atoms. The lowest BCUT2D eigenvalue weighted by Gasteiger charge is -2.29. The largest absolute Gasteiger partial charge is 0.334 e. The molecule has 0 saturated carbocycles. The van der Waals surface area contributed by atoms with Crippen LogP contribution in [0.25, 0.3) is 0 Å². The molecule has 2 rings (SSSR count). The molecule has 1 atom stereocenters. The second-order valence-electron chi connectivity index (χ2n) is 5.06. The number of nitriles is 1. The lowest BCUT2D eigenvalue weighted by atomic mass is 10.0. The van der Waals surface area contributed by atoms with Crippen LogP contribution >= 0.6 is 0 Å². The van der Waals surface area contributed by atoms with E-state index in [9.17, 15) is 4.79 Å². The fourth-order valence-corrected chi connectivity index (χ4v) is 2.38. The average molecular weight is 257 g/mol. The first kappa shape index (κ1) is 13.4. The van der Waals surface area contributed by atoms with Crippen molar-refractivity contribution in [1.29, 1.82) is 5.26 Å². The third kappa shape index (κ3) is 3.72. The Morgan fingerprint density at radius 1 is 1.58 bits per heavy atom. The fraction of sp³-hybridized carbons (Fsp3) is 0.467. The van der Waals surface area contributed by atoms with E-state index in [0.717, 1.165) is 24.9 Å². The van der Waals surface area contributed by atoms with Gasteiger partial charge in [0.05, 0.1) is 12.0 Å². The van der Waals surface area contributed by atoms with Crippen molar-refractivity contribution in [3.8, 4) is 6.07 Å². The number of likely N-dealkylation sites (tertiary alicyclic amines) is 1. The predicted molar refractivity (Wildman–Crippen MR) is 73.3 cm³/mol. The van der Waals surface area contributed by atoms with Crippen LogP contribution in [-0.4, -0.2) is 24.0 Å². The predicted octanol–water partition coefficient (Wildman–Crippen LogP) is 2.44. The van der Waals surface area contributed by atoms with Crippen molar-refractivity contribution in [3.63, 3.8) is 0 Å². The SMILES string of the molecule is Cc1cccc(CNC(=O)N2CCCC(C#N)C2)c1. The van der Waals surface area contributed by atoms with Crippen LogP contribution in [0.4, 0.5) is 4.79 Å². The minimum absolute atomic E-state index is 0.0153. The van der Waals surface area contributed by atoms with Crippen LogP contribution < -0.4 is 5.32 Å². The summed E-state index contributed by atoms with van der Waals surface area (Å²) in [6, 6.07) is 10.3. The molecule has 4 nitrogen and oxygen atoms in total. The molecule has 0 aromatic heterocycles. The summed E-state index contributed by atoms with van der Waals surface area (Å²) in [5.41, 5.74) is 2.29. The summed E-state index contributed by atoms with van der Waals surface area (Å²) in [7, 11) is 0. The van der Waals surface area contributed by atoms with E-state index in [1.165, 1.54) is 5.56 Å². The van der Waals surface area contributed by atoms with E-state index in [-0.39, 0.29) is 11.9 Å². The van der Waals surface area contributed by atoms with Crippen LogP contribution in [0.1, 0.15) is 24.0 Å². The molecule has 1 fully saturated rings. The molecule has 2 amide bonds. The van der Waals surface area contributed by atoms with E-state index < -0.39 is 0 Å². The van der Waals surface area contributed by atoms with E-state index in [0.29, 0.717) is 13.1 Å². The molecule has 4 heteroatoms. The van der Waals surface area contributed by atoms with Crippen molar-refractivity contribution in [2.75, 3.05) is 13.1 Å². The Bertz CT molecular complexity index is 492. The molecule has 0 aliphatic carbocycles. The van der Waals surface area contributed by atoms with Gasteiger partial charge in [-0.25, -0.2) is 4.79 Å². The maximum atomic E-state index is 12.0. The normalized spacial score (nSPS) is 18.7.